The van der Waals surface area contributed by atoms with Crippen LogP contribution in [0.5, 0.6) is 0 Å². The van der Waals surface area contributed by atoms with Crippen LogP contribution < -0.4 is 0 Å². The van der Waals surface area contributed by atoms with Gasteiger partial charge in [-0.3, -0.25) is 0 Å². The number of fused-ring (bicyclic) bond motifs is 8. The molecule has 1 aliphatic carbocycles. The lowest BCUT2D eigenvalue weighted by molar-refractivity contribution is -0.207. The van der Waals surface area contributed by atoms with Crippen molar-refractivity contribution in [2.45, 2.75) is 89.3 Å². The van der Waals surface area contributed by atoms with Crippen LogP contribution in [-0.2, 0) is 9.47 Å². The zero-order valence-corrected chi connectivity index (χ0v) is 15.0. The number of hydrogen-bond donors (Lipinski definition) is 1. The Balaban J connectivity index is 1.78. The second-order valence-corrected chi connectivity index (χ2v) is 9.32. The van der Waals surface area contributed by atoms with E-state index in [9.17, 15) is 5.11 Å². The molecular formula is C20H32O3. The fraction of sp³-hybridized carbons (Fsp3) is 0.900. The lowest BCUT2D eigenvalue weighted by Crippen LogP contribution is -2.50. The first-order valence-corrected chi connectivity index (χ1v) is 9.46. The Kier molecular flexibility index (Phi) is 3.54. The van der Waals surface area contributed by atoms with Gasteiger partial charge in [0.15, 0.2) is 0 Å². The molecular weight excluding hydrogens is 288 g/mol. The van der Waals surface area contributed by atoms with Crippen molar-refractivity contribution < 1.29 is 14.6 Å². The van der Waals surface area contributed by atoms with Crippen LogP contribution >= 0.6 is 0 Å². The maximum atomic E-state index is 11.0. The summed E-state index contributed by atoms with van der Waals surface area (Å²) in [7, 11) is 0. The zero-order valence-electron chi connectivity index (χ0n) is 15.0. The van der Waals surface area contributed by atoms with E-state index in [1.54, 1.807) is 0 Å². The van der Waals surface area contributed by atoms with Gasteiger partial charge in [0.05, 0.1) is 29.5 Å². The highest BCUT2D eigenvalue weighted by molar-refractivity contribution is 5.20. The van der Waals surface area contributed by atoms with E-state index in [1.807, 2.05) is 6.92 Å². The molecule has 3 heterocycles. The molecule has 4 fully saturated rings. The first-order chi connectivity index (χ1) is 10.7. The Hall–Kier alpha value is -0.380. The summed E-state index contributed by atoms with van der Waals surface area (Å²) in [6.07, 6.45) is 5.16. The molecule has 4 bridgehead atoms. The third-order valence-corrected chi connectivity index (χ3v) is 7.33. The molecule has 1 saturated carbocycles. The molecule has 0 aromatic rings. The van der Waals surface area contributed by atoms with Gasteiger partial charge in [-0.25, -0.2) is 0 Å². The van der Waals surface area contributed by atoms with Gasteiger partial charge in [-0.05, 0) is 57.3 Å². The number of rotatable bonds is 1. The van der Waals surface area contributed by atoms with Crippen LogP contribution in [0.25, 0.3) is 0 Å². The zero-order chi connectivity index (χ0) is 16.6. The standard InChI is InChI=1S/C20H32O3/c1-11(2)13-7-6-12(3)16-14-10-19(4,21)15-8-9-20(5,23-15)18(22-14)17(13)16/h11,13-18,21H,3,6-10H2,1-2,4-5H3/t13?,14-,15+,16?,17?,18-,19+,20-/m1/s1. The van der Waals surface area contributed by atoms with E-state index in [0.29, 0.717) is 30.1 Å². The van der Waals surface area contributed by atoms with Gasteiger partial charge in [0.2, 0.25) is 0 Å². The van der Waals surface area contributed by atoms with Crippen molar-refractivity contribution >= 4 is 0 Å². The van der Waals surface area contributed by atoms with Crippen LogP contribution in [-0.4, -0.2) is 34.6 Å². The van der Waals surface area contributed by atoms with Crippen molar-refractivity contribution in [1.29, 1.82) is 0 Å². The van der Waals surface area contributed by atoms with E-state index in [0.717, 1.165) is 19.3 Å². The van der Waals surface area contributed by atoms with Gasteiger partial charge >= 0.3 is 0 Å². The number of aliphatic hydroxyl groups is 1. The molecule has 0 amide bonds. The number of ether oxygens (including phenoxy) is 2. The van der Waals surface area contributed by atoms with E-state index in [4.69, 9.17) is 9.47 Å². The predicted molar refractivity (Wildman–Crippen MR) is 90.1 cm³/mol. The van der Waals surface area contributed by atoms with Crippen molar-refractivity contribution in [2.75, 3.05) is 0 Å². The van der Waals surface area contributed by atoms with E-state index < -0.39 is 5.60 Å². The Morgan fingerprint density at radius 1 is 1.26 bits per heavy atom. The topological polar surface area (TPSA) is 38.7 Å². The highest BCUT2D eigenvalue weighted by atomic mass is 16.6. The third-order valence-electron chi connectivity index (χ3n) is 7.33. The fourth-order valence-corrected chi connectivity index (χ4v) is 6.09. The van der Waals surface area contributed by atoms with E-state index >= 15 is 0 Å². The normalized spacial score (nSPS) is 55.7. The molecule has 0 aromatic heterocycles. The monoisotopic (exact) mass is 320 g/mol. The van der Waals surface area contributed by atoms with E-state index in [1.165, 1.54) is 12.0 Å². The van der Waals surface area contributed by atoms with Crippen LogP contribution in [0.4, 0.5) is 0 Å². The molecule has 0 spiro atoms. The Labute approximate surface area is 140 Å². The summed E-state index contributed by atoms with van der Waals surface area (Å²) >= 11 is 0. The van der Waals surface area contributed by atoms with Crippen LogP contribution in [0.2, 0.25) is 0 Å². The van der Waals surface area contributed by atoms with Gasteiger partial charge in [0.1, 0.15) is 0 Å². The molecule has 0 radical (unpaired) electrons. The highest BCUT2D eigenvalue weighted by Crippen LogP contribution is 2.58. The van der Waals surface area contributed by atoms with Crippen LogP contribution in [0.3, 0.4) is 0 Å². The van der Waals surface area contributed by atoms with Gasteiger partial charge in [0, 0.05) is 12.3 Å². The van der Waals surface area contributed by atoms with Crippen LogP contribution in [0.1, 0.15) is 59.8 Å². The largest absolute Gasteiger partial charge is 0.387 e. The summed E-state index contributed by atoms with van der Waals surface area (Å²) in [4.78, 5) is 0. The lowest BCUT2D eigenvalue weighted by Gasteiger charge is -2.43. The van der Waals surface area contributed by atoms with Crippen molar-refractivity contribution in [2.24, 2.45) is 23.7 Å². The quantitative estimate of drug-likeness (QED) is 0.749. The van der Waals surface area contributed by atoms with E-state index in [2.05, 4.69) is 27.4 Å². The maximum Gasteiger partial charge on any atom is 0.0924 e. The summed E-state index contributed by atoms with van der Waals surface area (Å²) in [5.74, 6) is 2.22. The molecule has 3 heteroatoms. The van der Waals surface area contributed by atoms with Crippen molar-refractivity contribution in [3.63, 3.8) is 0 Å². The Bertz CT molecular complexity index is 511. The minimum atomic E-state index is -0.798. The van der Waals surface area contributed by atoms with Gasteiger partial charge in [0.25, 0.3) is 0 Å². The molecule has 3 saturated heterocycles. The highest BCUT2D eigenvalue weighted by Gasteiger charge is 2.63. The Morgan fingerprint density at radius 3 is 2.70 bits per heavy atom. The number of hydrogen-bond acceptors (Lipinski definition) is 3. The molecule has 130 valence electrons. The average Bonchev–Trinajstić information content (AvgIpc) is 3.02. The summed E-state index contributed by atoms with van der Waals surface area (Å²) in [5, 5.41) is 11.0. The van der Waals surface area contributed by atoms with Crippen molar-refractivity contribution in [3.05, 3.63) is 12.2 Å². The SMILES string of the molecule is C=C1CCC(C(C)C)C2C1[C@H]1C[C@](C)(O)[C@@H]3CC[C@@](C)(O3)[C@@H]2O1. The Morgan fingerprint density at radius 2 is 2.00 bits per heavy atom. The minimum absolute atomic E-state index is 0.0488. The third kappa shape index (κ3) is 2.26. The van der Waals surface area contributed by atoms with Gasteiger partial charge in [-0.15, -0.1) is 0 Å². The smallest absolute Gasteiger partial charge is 0.0924 e. The van der Waals surface area contributed by atoms with Crippen LogP contribution in [0.15, 0.2) is 12.2 Å². The second-order valence-electron chi connectivity index (χ2n) is 9.32. The molecule has 23 heavy (non-hydrogen) atoms. The van der Waals surface area contributed by atoms with Gasteiger partial charge in [-0.1, -0.05) is 26.0 Å². The summed E-state index contributed by atoms with van der Waals surface area (Å²) in [6.45, 7) is 13.2. The van der Waals surface area contributed by atoms with E-state index in [-0.39, 0.29) is 23.9 Å². The maximum absolute atomic E-state index is 11.0. The average molecular weight is 320 g/mol. The van der Waals surface area contributed by atoms with Crippen molar-refractivity contribution in [1.82, 2.24) is 0 Å². The van der Waals surface area contributed by atoms with Crippen LogP contribution in [0, 0.1) is 23.7 Å². The molecule has 1 N–H and O–H groups in total. The van der Waals surface area contributed by atoms with Gasteiger partial charge in [-0.2, -0.15) is 0 Å². The van der Waals surface area contributed by atoms with Crippen molar-refractivity contribution in [3.8, 4) is 0 Å². The predicted octanol–water partition coefficient (Wildman–Crippen LogP) is 3.70. The summed E-state index contributed by atoms with van der Waals surface area (Å²) < 4.78 is 13.1. The second kappa shape index (κ2) is 5.06. The molecule has 3 aliphatic heterocycles. The molecule has 8 atom stereocenters. The summed E-state index contributed by atoms with van der Waals surface area (Å²) in [6, 6.07) is 0. The molecule has 0 aromatic carbocycles. The molecule has 4 aliphatic rings. The van der Waals surface area contributed by atoms with Gasteiger partial charge < -0.3 is 14.6 Å². The first kappa shape index (κ1) is 16.1. The minimum Gasteiger partial charge on any atom is -0.387 e. The first-order valence-electron chi connectivity index (χ1n) is 9.46. The fourth-order valence-electron chi connectivity index (χ4n) is 6.09. The molecule has 3 nitrogen and oxygen atoms in total. The molecule has 3 unspecified atom stereocenters. The summed E-state index contributed by atoms with van der Waals surface area (Å²) in [5.41, 5.74) is 0.293. The lowest BCUT2D eigenvalue weighted by atomic mass is 9.61. The molecule has 4 rings (SSSR count).